The number of amides is 1. The Balaban J connectivity index is 1.64. The van der Waals surface area contributed by atoms with E-state index < -0.39 is 0 Å². The van der Waals surface area contributed by atoms with E-state index >= 15 is 0 Å². The second-order valence-corrected chi connectivity index (χ2v) is 7.07. The van der Waals surface area contributed by atoms with E-state index in [4.69, 9.17) is 0 Å². The Hall–Kier alpha value is -3.07. The van der Waals surface area contributed by atoms with E-state index in [1.807, 2.05) is 53.4 Å². The Kier molecular flexibility index (Phi) is 4.93. The number of carbonyl (C=O) groups excluding carboxylic acids is 1. The van der Waals surface area contributed by atoms with Crippen LogP contribution in [0.4, 0.5) is 5.69 Å². The summed E-state index contributed by atoms with van der Waals surface area (Å²) >= 11 is 0. The van der Waals surface area contributed by atoms with E-state index in [0.29, 0.717) is 6.54 Å². The largest absolute Gasteiger partial charge is 0.364 e. The van der Waals surface area contributed by atoms with Crippen molar-refractivity contribution in [2.75, 3.05) is 11.9 Å². The smallest absolute Gasteiger partial charge is 0.257 e. The molecule has 1 aliphatic heterocycles. The van der Waals surface area contributed by atoms with Gasteiger partial charge in [0.15, 0.2) is 0 Å². The third-order valence-corrected chi connectivity index (χ3v) is 5.34. The predicted octanol–water partition coefficient (Wildman–Crippen LogP) is 4.93. The molecule has 3 aromatic rings. The maximum absolute atomic E-state index is 13.3. The molecule has 0 radical (unpaired) electrons. The highest BCUT2D eigenvalue weighted by molar-refractivity contribution is 6.01. The lowest BCUT2D eigenvalue weighted by atomic mass is 9.93. The Labute approximate surface area is 160 Å². The van der Waals surface area contributed by atoms with Crippen LogP contribution < -0.4 is 5.32 Å². The van der Waals surface area contributed by atoms with Crippen molar-refractivity contribution in [1.82, 2.24) is 4.90 Å². The first-order chi connectivity index (χ1) is 13.2. The predicted molar refractivity (Wildman–Crippen MR) is 110 cm³/mol. The summed E-state index contributed by atoms with van der Waals surface area (Å²) < 4.78 is 0. The zero-order chi connectivity index (χ0) is 18.6. The number of carbonyl (C=O) groups is 1. The highest BCUT2D eigenvalue weighted by Gasteiger charge is 2.35. The summed E-state index contributed by atoms with van der Waals surface area (Å²) in [5, 5.41) is 3.62. The molecule has 3 nitrogen and oxygen atoms in total. The average molecular weight is 356 g/mol. The monoisotopic (exact) mass is 356 g/mol. The summed E-state index contributed by atoms with van der Waals surface area (Å²) in [5.41, 5.74) is 4.15. The molecule has 1 N–H and O–H groups in total. The molecule has 1 amide bonds. The van der Waals surface area contributed by atoms with Gasteiger partial charge in [-0.15, -0.1) is 0 Å². The molecular formula is C24H24N2O. The van der Waals surface area contributed by atoms with Gasteiger partial charge >= 0.3 is 0 Å². The summed E-state index contributed by atoms with van der Waals surface area (Å²) in [6.45, 7) is 2.87. The van der Waals surface area contributed by atoms with Crippen LogP contribution in [0.15, 0.2) is 84.9 Å². The summed E-state index contributed by atoms with van der Waals surface area (Å²) in [6, 6.07) is 28.5. The van der Waals surface area contributed by atoms with E-state index in [1.165, 1.54) is 11.1 Å². The van der Waals surface area contributed by atoms with Crippen molar-refractivity contribution < 1.29 is 4.79 Å². The molecule has 3 aromatic carbocycles. The van der Waals surface area contributed by atoms with Crippen LogP contribution in [0.2, 0.25) is 0 Å². The SMILES string of the molecule is C[C@H](c1ccccc1)[C@H]1Nc2ccccc2C(=O)N1CCc1ccccc1. The molecule has 4 rings (SSSR count). The van der Waals surface area contributed by atoms with Crippen molar-refractivity contribution in [3.05, 3.63) is 102 Å². The quantitative estimate of drug-likeness (QED) is 0.703. The Morgan fingerprint density at radius 3 is 2.26 bits per heavy atom. The first-order valence-corrected chi connectivity index (χ1v) is 9.49. The number of hydrogen-bond donors (Lipinski definition) is 1. The fraction of sp³-hybridized carbons (Fsp3) is 0.208. The Morgan fingerprint density at radius 1 is 0.889 bits per heavy atom. The third kappa shape index (κ3) is 3.59. The maximum Gasteiger partial charge on any atom is 0.257 e. The van der Waals surface area contributed by atoms with Gasteiger partial charge in [0.05, 0.1) is 5.56 Å². The fourth-order valence-corrected chi connectivity index (χ4v) is 3.78. The van der Waals surface area contributed by atoms with Crippen molar-refractivity contribution in [2.45, 2.75) is 25.4 Å². The van der Waals surface area contributed by atoms with Gasteiger partial charge in [-0.05, 0) is 29.7 Å². The number of benzene rings is 3. The van der Waals surface area contributed by atoms with Crippen LogP contribution in [0.5, 0.6) is 0 Å². The molecule has 0 bridgehead atoms. The van der Waals surface area contributed by atoms with Crippen molar-refractivity contribution in [2.24, 2.45) is 0 Å². The molecule has 0 saturated heterocycles. The zero-order valence-electron chi connectivity index (χ0n) is 15.5. The average Bonchev–Trinajstić information content (AvgIpc) is 2.74. The molecule has 1 aliphatic rings. The Bertz CT molecular complexity index is 908. The third-order valence-electron chi connectivity index (χ3n) is 5.34. The molecule has 3 heteroatoms. The number of anilines is 1. The minimum atomic E-state index is -0.0708. The highest BCUT2D eigenvalue weighted by atomic mass is 16.2. The van der Waals surface area contributed by atoms with Gasteiger partial charge in [-0.3, -0.25) is 4.79 Å². The number of hydrogen-bond acceptors (Lipinski definition) is 2. The van der Waals surface area contributed by atoms with Crippen LogP contribution in [-0.4, -0.2) is 23.5 Å². The molecule has 2 atom stereocenters. The highest BCUT2D eigenvalue weighted by Crippen LogP contribution is 2.32. The van der Waals surface area contributed by atoms with Crippen LogP contribution in [0, 0.1) is 0 Å². The van der Waals surface area contributed by atoms with E-state index in [2.05, 4.69) is 48.6 Å². The first-order valence-electron chi connectivity index (χ1n) is 9.49. The van der Waals surface area contributed by atoms with E-state index in [1.54, 1.807) is 0 Å². The lowest BCUT2D eigenvalue weighted by molar-refractivity contribution is 0.0666. The summed E-state index contributed by atoms with van der Waals surface area (Å²) in [6.07, 6.45) is 0.771. The van der Waals surface area contributed by atoms with E-state index in [-0.39, 0.29) is 18.0 Å². The number of para-hydroxylation sites is 1. The molecule has 0 unspecified atom stereocenters. The van der Waals surface area contributed by atoms with Crippen LogP contribution in [0.3, 0.4) is 0 Å². The molecule has 136 valence electrons. The molecule has 0 aromatic heterocycles. The van der Waals surface area contributed by atoms with Crippen molar-refractivity contribution in [3.8, 4) is 0 Å². The van der Waals surface area contributed by atoms with Gasteiger partial charge in [0.25, 0.3) is 5.91 Å². The molecule has 1 heterocycles. The number of nitrogens with one attached hydrogen (secondary N) is 1. The van der Waals surface area contributed by atoms with Crippen LogP contribution in [-0.2, 0) is 6.42 Å². The van der Waals surface area contributed by atoms with Gasteiger partial charge in [0, 0.05) is 18.2 Å². The fourth-order valence-electron chi connectivity index (χ4n) is 3.78. The molecule has 27 heavy (non-hydrogen) atoms. The minimum Gasteiger partial charge on any atom is -0.364 e. The van der Waals surface area contributed by atoms with Crippen LogP contribution in [0.25, 0.3) is 0 Å². The van der Waals surface area contributed by atoms with Gasteiger partial charge in [0.1, 0.15) is 6.17 Å². The van der Waals surface area contributed by atoms with E-state index in [0.717, 1.165) is 17.7 Å². The van der Waals surface area contributed by atoms with Gasteiger partial charge in [0.2, 0.25) is 0 Å². The van der Waals surface area contributed by atoms with Crippen LogP contribution in [0.1, 0.15) is 34.3 Å². The van der Waals surface area contributed by atoms with Crippen LogP contribution >= 0.6 is 0 Å². The number of rotatable bonds is 5. The van der Waals surface area contributed by atoms with Gasteiger partial charge in [-0.2, -0.15) is 0 Å². The van der Waals surface area contributed by atoms with E-state index in [9.17, 15) is 4.79 Å². The van der Waals surface area contributed by atoms with Gasteiger partial charge in [-0.1, -0.05) is 79.7 Å². The number of nitrogens with zero attached hydrogens (tertiary/aromatic N) is 1. The first kappa shape index (κ1) is 17.3. The summed E-state index contributed by atoms with van der Waals surface area (Å²) in [4.78, 5) is 15.3. The van der Waals surface area contributed by atoms with Crippen molar-refractivity contribution in [3.63, 3.8) is 0 Å². The second-order valence-electron chi connectivity index (χ2n) is 7.07. The summed E-state index contributed by atoms with van der Waals surface area (Å²) in [5.74, 6) is 0.285. The normalized spacial score (nSPS) is 17.1. The molecule has 0 aliphatic carbocycles. The van der Waals surface area contributed by atoms with Gasteiger partial charge < -0.3 is 10.2 Å². The molecule has 0 fully saturated rings. The van der Waals surface area contributed by atoms with Crippen molar-refractivity contribution >= 4 is 11.6 Å². The van der Waals surface area contributed by atoms with Gasteiger partial charge in [-0.25, -0.2) is 0 Å². The second kappa shape index (κ2) is 7.67. The topological polar surface area (TPSA) is 32.3 Å². The summed E-state index contributed by atoms with van der Waals surface area (Å²) in [7, 11) is 0. The molecular weight excluding hydrogens is 332 g/mol. The number of fused-ring (bicyclic) bond motifs is 1. The lowest BCUT2D eigenvalue weighted by Gasteiger charge is -2.41. The molecule has 0 spiro atoms. The minimum absolute atomic E-state index is 0.0708. The Morgan fingerprint density at radius 2 is 1.52 bits per heavy atom. The standard InChI is InChI=1S/C24H24N2O/c1-18(20-12-6-3-7-13-20)23-25-22-15-9-8-14-21(22)24(27)26(23)17-16-19-10-4-2-5-11-19/h2-15,18,23,25H,16-17H2,1H3/t18-,23+/m1/s1. The maximum atomic E-state index is 13.3. The lowest BCUT2D eigenvalue weighted by Crippen LogP contribution is -2.52. The zero-order valence-corrected chi connectivity index (χ0v) is 15.5. The molecule has 0 saturated carbocycles. The van der Waals surface area contributed by atoms with Crippen molar-refractivity contribution in [1.29, 1.82) is 0 Å².